The van der Waals surface area contributed by atoms with Gasteiger partial charge >= 0.3 is 7.82 Å². The number of nitrogens with zero attached hydrogens (tertiary/aromatic N) is 1. The van der Waals surface area contributed by atoms with Crippen LogP contribution in [0.2, 0.25) is 0 Å². The third-order valence-corrected chi connectivity index (χ3v) is 2.05. The summed E-state index contributed by atoms with van der Waals surface area (Å²) >= 11 is 0. The Morgan fingerprint density at radius 1 is 1.31 bits per heavy atom. The molecule has 8 heteroatoms. The van der Waals surface area contributed by atoms with Crippen molar-refractivity contribution in [1.82, 2.24) is 5.06 Å². The molecule has 80 valence electrons. The van der Waals surface area contributed by atoms with Crippen LogP contribution in [0.15, 0.2) is 0 Å². The average molecular weight is 215 g/mol. The maximum Gasteiger partial charge on any atom is 0.488 e. The van der Waals surface area contributed by atoms with E-state index in [-0.39, 0.29) is 26.3 Å². The molecule has 0 aliphatic rings. The largest absolute Gasteiger partial charge is 0.488 e. The second-order valence-corrected chi connectivity index (χ2v) is 3.57. The number of aliphatic hydroxyl groups is 2. The van der Waals surface area contributed by atoms with Crippen molar-refractivity contribution in [3.05, 3.63) is 0 Å². The Labute approximate surface area is 76.1 Å². The molecule has 0 aromatic heterocycles. The molecule has 1 atom stereocenters. The van der Waals surface area contributed by atoms with Crippen molar-refractivity contribution in [1.29, 1.82) is 0 Å². The Kier molecular flexibility index (Phi) is 6.44. The van der Waals surface area contributed by atoms with Gasteiger partial charge in [-0.05, 0) is 0 Å². The highest BCUT2D eigenvalue weighted by atomic mass is 31.2. The van der Waals surface area contributed by atoms with E-state index in [2.05, 4.69) is 9.15 Å². The first-order chi connectivity index (χ1) is 6.05. The van der Waals surface area contributed by atoms with Crippen LogP contribution in [-0.4, -0.2) is 53.6 Å². The van der Waals surface area contributed by atoms with Crippen LogP contribution < -0.4 is 0 Å². The summed E-state index contributed by atoms with van der Waals surface area (Å²) in [5.41, 5.74) is 0. The van der Waals surface area contributed by atoms with Crippen molar-refractivity contribution < 1.29 is 28.8 Å². The predicted molar refractivity (Wildman–Crippen MR) is 43.7 cm³/mol. The third kappa shape index (κ3) is 6.11. The molecule has 0 fully saturated rings. The highest BCUT2D eigenvalue weighted by molar-refractivity contribution is 7.47. The number of phosphoric acid groups is 1. The molecule has 0 amide bonds. The van der Waals surface area contributed by atoms with E-state index in [1.807, 2.05) is 0 Å². The smallest absolute Gasteiger partial charge is 0.395 e. The molecule has 7 nitrogen and oxygen atoms in total. The van der Waals surface area contributed by atoms with Gasteiger partial charge in [0.2, 0.25) is 0 Å². The van der Waals surface area contributed by atoms with Crippen LogP contribution >= 0.6 is 7.82 Å². The Hall–Kier alpha value is -0.0100. The second-order valence-electron chi connectivity index (χ2n) is 2.11. The quantitative estimate of drug-likeness (QED) is 0.368. The molecule has 0 bridgehead atoms. The number of hydrogen-bond donors (Lipinski definition) is 3. The topological polar surface area (TPSA) is 99.5 Å². The van der Waals surface area contributed by atoms with Gasteiger partial charge in [-0.15, -0.1) is 0 Å². The maximum atomic E-state index is 10.8. The van der Waals surface area contributed by atoms with Crippen LogP contribution in [0.3, 0.4) is 0 Å². The molecule has 13 heavy (non-hydrogen) atoms. The van der Waals surface area contributed by atoms with Crippen molar-refractivity contribution in [2.45, 2.75) is 0 Å². The van der Waals surface area contributed by atoms with E-state index < -0.39 is 7.82 Å². The number of aliphatic hydroxyl groups excluding tert-OH is 2. The molecule has 1 unspecified atom stereocenters. The van der Waals surface area contributed by atoms with Crippen LogP contribution in [0, 0.1) is 0 Å². The number of hydroxylamine groups is 2. The fourth-order valence-corrected chi connectivity index (χ4v) is 1.12. The van der Waals surface area contributed by atoms with Crippen LogP contribution in [0.4, 0.5) is 0 Å². The van der Waals surface area contributed by atoms with Gasteiger partial charge in [-0.1, -0.05) is 0 Å². The zero-order chi connectivity index (χ0) is 10.3. The van der Waals surface area contributed by atoms with Crippen molar-refractivity contribution >= 4 is 7.82 Å². The molecule has 0 rings (SSSR count). The molecular weight excluding hydrogens is 201 g/mol. The average Bonchev–Trinajstić information content (AvgIpc) is 2.05. The second kappa shape index (κ2) is 6.44. The fraction of sp³-hybridized carbons (Fsp3) is 1.00. The van der Waals surface area contributed by atoms with Gasteiger partial charge in [0.15, 0.2) is 0 Å². The standard InChI is InChI=1S/C5H14NO6P/c1-11-13(9,10)12-6(2-4-7)3-5-8/h7-8H,2-5H2,1H3,(H,9,10). The van der Waals surface area contributed by atoms with Gasteiger partial charge in [0.05, 0.1) is 13.2 Å². The van der Waals surface area contributed by atoms with E-state index >= 15 is 0 Å². The normalized spacial score (nSPS) is 16.1. The van der Waals surface area contributed by atoms with E-state index in [1.165, 1.54) is 0 Å². The zero-order valence-corrected chi connectivity index (χ0v) is 8.18. The number of hydrogen-bond acceptors (Lipinski definition) is 6. The molecule has 0 aromatic carbocycles. The van der Waals surface area contributed by atoms with Gasteiger partial charge in [-0.3, -0.25) is 4.52 Å². The van der Waals surface area contributed by atoms with Crippen molar-refractivity contribution in [3.63, 3.8) is 0 Å². The van der Waals surface area contributed by atoms with Gasteiger partial charge in [-0.2, -0.15) is 9.69 Å². The van der Waals surface area contributed by atoms with E-state index in [0.29, 0.717) is 0 Å². The van der Waals surface area contributed by atoms with Crippen molar-refractivity contribution in [2.75, 3.05) is 33.4 Å². The minimum atomic E-state index is -4.09. The molecule has 0 spiro atoms. The lowest BCUT2D eigenvalue weighted by Crippen LogP contribution is -2.29. The minimum absolute atomic E-state index is 0.0223. The summed E-state index contributed by atoms with van der Waals surface area (Å²) in [5, 5.41) is 18.0. The van der Waals surface area contributed by atoms with Crippen molar-refractivity contribution in [3.8, 4) is 0 Å². The first kappa shape index (κ1) is 13.0. The Bertz CT molecular complexity index is 170. The molecule has 0 heterocycles. The lowest BCUT2D eigenvalue weighted by molar-refractivity contribution is -0.0977. The SMILES string of the molecule is COP(=O)(O)ON(CCO)CCO. The summed E-state index contributed by atoms with van der Waals surface area (Å²) in [6.07, 6.45) is 0. The summed E-state index contributed by atoms with van der Waals surface area (Å²) in [4.78, 5) is 8.85. The van der Waals surface area contributed by atoms with Crippen LogP contribution in [-0.2, 0) is 13.7 Å². The highest BCUT2D eigenvalue weighted by Crippen LogP contribution is 2.42. The van der Waals surface area contributed by atoms with Gasteiger partial charge < -0.3 is 15.1 Å². The molecule has 3 N–H and O–H groups in total. The number of phosphoric ester groups is 1. The third-order valence-electron chi connectivity index (χ3n) is 1.15. The summed E-state index contributed by atoms with van der Waals surface area (Å²) in [5.74, 6) is 0. The van der Waals surface area contributed by atoms with E-state index in [1.54, 1.807) is 0 Å². The van der Waals surface area contributed by atoms with Gasteiger partial charge in [0, 0.05) is 20.2 Å². The summed E-state index contributed by atoms with van der Waals surface area (Å²) < 4.78 is 19.5. The molecule has 0 aliphatic carbocycles. The van der Waals surface area contributed by atoms with Gasteiger partial charge in [0.1, 0.15) is 0 Å². The molecule has 0 radical (unpaired) electrons. The first-order valence-electron chi connectivity index (χ1n) is 3.60. The fourth-order valence-electron chi connectivity index (χ4n) is 0.596. The van der Waals surface area contributed by atoms with Crippen molar-refractivity contribution in [2.24, 2.45) is 0 Å². The highest BCUT2D eigenvalue weighted by Gasteiger charge is 2.23. The van der Waals surface area contributed by atoms with Crippen LogP contribution in [0.25, 0.3) is 0 Å². The Morgan fingerprint density at radius 3 is 2.08 bits per heavy atom. The predicted octanol–water partition coefficient (Wildman–Crippen LogP) is -1.05. The Morgan fingerprint density at radius 2 is 1.77 bits per heavy atom. The number of rotatable bonds is 7. The lowest BCUT2D eigenvalue weighted by Gasteiger charge is -2.20. The van der Waals surface area contributed by atoms with E-state index in [0.717, 1.165) is 12.2 Å². The van der Waals surface area contributed by atoms with Gasteiger partial charge in [-0.25, -0.2) is 4.57 Å². The summed E-state index contributed by atoms with van der Waals surface area (Å²) in [6, 6.07) is 0. The molecule has 0 aliphatic heterocycles. The van der Waals surface area contributed by atoms with Crippen LogP contribution in [0.1, 0.15) is 0 Å². The maximum absolute atomic E-state index is 10.8. The lowest BCUT2D eigenvalue weighted by atomic mass is 10.6. The molecular formula is C5H14NO6P. The summed E-state index contributed by atoms with van der Waals surface area (Å²) in [7, 11) is -3.06. The summed E-state index contributed by atoms with van der Waals surface area (Å²) in [6.45, 7) is -0.448. The van der Waals surface area contributed by atoms with E-state index in [9.17, 15) is 4.57 Å². The molecule has 0 saturated carbocycles. The molecule has 0 saturated heterocycles. The molecule has 0 aromatic rings. The minimum Gasteiger partial charge on any atom is -0.395 e. The van der Waals surface area contributed by atoms with Gasteiger partial charge in [0.25, 0.3) is 0 Å². The zero-order valence-electron chi connectivity index (χ0n) is 7.29. The Balaban J connectivity index is 4.00. The first-order valence-corrected chi connectivity index (χ1v) is 5.10. The van der Waals surface area contributed by atoms with E-state index in [4.69, 9.17) is 15.1 Å². The van der Waals surface area contributed by atoms with Crippen LogP contribution in [0.5, 0.6) is 0 Å². The monoisotopic (exact) mass is 215 g/mol.